The van der Waals surface area contributed by atoms with Gasteiger partial charge in [0, 0.05) is 32.1 Å². The number of halogens is 1. The van der Waals surface area contributed by atoms with E-state index in [1.54, 1.807) is 18.2 Å². The molecule has 0 saturated heterocycles. The smallest absolute Gasteiger partial charge is 0.216 e. The lowest BCUT2D eigenvalue weighted by atomic mass is 10.2. The Hall–Kier alpha value is -2.40. The molecule has 2 aromatic carbocycles. The number of hydrogen-bond donors (Lipinski definition) is 2. The van der Waals surface area contributed by atoms with E-state index >= 15 is 0 Å². The van der Waals surface area contributed by atoms with Gasteiger partial charge in [-0.15, -0.1) is 0 Å². The summed E-state index contributed by atoms with van der Waals surface area (Å²) in [6.45, 7) is 3.66. The van der Waals surface area contributed by atoms with Crippen molar-refractivity contribution in [3.05, 3.63) is 65.5 Å². The number of nitrogens with one attached hydrogen (secondary N) is 2. The van der Waals surface area contributed by atoms with Crippen LogP contribution in [0.1, 0.15) is 18.1 Å². The van der Waals surface area contributed by atoms with Gasteiger partial charge in [0.1, 0.15) is 18.2 Å². The van der Waals surface area contributed by atoms with Gasteiger partial charge in [-0.2, -0.15) is 0 Å². The standard InChI is InChI=1S/C18H21FN2O2/c1-14(22)21-10-9-20-12-15-5-4-7-17(11-15)23-13-16-6-2-3-8-18(16)19/h2-8,11,20H,9-10,12-13H2,1H3,(H,21,22). The topological polar surface area (TPSA) is 50.4 Å². The molecule has 0 radical (unpaired) electrons. The number of benzene rings is 2. The predicted molar refractivity (Wildman–Crippen MR) is 87.6 cm³/mol. The van der Waals surface area contributed by atoms with Gasteiger partial charge in [-0.05, 0) is 23.8 Å². The van der Waals surface area contributed by atoms with Crippen molar-refractivity contribution in [2.45, 2.75) is 20.1 Å². The number of carbonyl (C=O) groups excluding carboxylic acids is 1. The Morgan fingerprint density at radius 1 is 1.13 bits per heavy atom. The third-order valence-electron chi connectivity index (χ3n) is 3.26. The lowest BCUT2D eigenvalue weighted by molar-refractivity contribution is -0.118. The molecule has 0 aliphatic rings. The summed E-state index contributed by atoms with van der Waals surface area (Å²) in [6, 6.07) is 14.2. The van der Waals surface area contributed by atoms with Crippen molar-refractivity contribution < 1.29 is 13.9 Å². The average molecular weight is 316 g/mol. The summed E-state index contributed by atoms with van der Waals surface area (Å²) in [5, 5.41) is 5.96. The summed E-state index contributed by atoms with van der Waals surface area (Å²) in [5.41, 5.74) is 1.60. The van der Waals surface area contributed by atoms with Crippen LogP contribution in [-0.2, 0) is 17.9 Å². The van der Waals surface area contributed by atoms with E-state index in [-0.39, 0.29) is 18.3 Å². The van der Waals surface area contributed by atoms with Crippen LogP contribution in [0.25, 0.3) is 0 Å². The first-order valence-corrected chi connectivity index (χ1v) is 7.55. The number of ether oxygens (including phenoxy) is 1. The van der Waals surface area contributed by atoms with Gasteiger partial charge in [0.25, 0.3) is 0 Å². The van der Waals surface area contributed by atoms with Gasteiger partial charge in [-0.25, -0.2) is 4.39 Å². The van der Waals surface area contributed by atoms with E-state index in [1.165, 1.54) is 13.0 Å². The first kappa shape index (κ1) is 17.0. The van der Waals surface area contributed by atoms with Gasteiger partial charge in [-0.3, -0.25) is 4.79 Å². The Bertz CT molecular complexity index is 646. The molecule has 2 aromatic rings. The molecule has 122 valence electrons. The third kappa shape index (κ3) is 6.08. The molecular formula is C18H21FN2O2. The maximum Gasteiger partial charge on any atom is 0.216 e. The Labute approximate surface area is 135 Å². The Kier molecular flexibility index (Phi) is 6.56. The summed E-state index contributed by atoms with van der Waals surface area (Å²) in [4.78, 5) is 10.8. The highest BCUT2D eigenvalue weighted by Crippen LogP contribution is 2.16. The first-order chi connectivity index (χ1) is 11.1. The fraction of sp³-hybridized carbons (Fsp3) is 0.278. The summed E-state index contributed by atoms with van der Waals surface area (Å²) < 4.78 is 19.2. The minimum absolute atomic E-state index is 0.0321. The minimum Gasteiger partial charge on any atom is -0.489 e. The van der Waals surface area contributed by atoms with Crippen molar-refractivity contribution in [1.29, 1.82) is 0 Å². The van der Waals surface area contributed by atoms with Gasteiger partial charge in [-0.1, -0.05) is 30.3 Å². The zero-order chi connectivity index (χ0) is 16.5. The molecule has 0 aliphatic heterocycles. The van der Waals surface area contributed by atoms with E-state index in [4.69, 9.17) is 4.74 Å². The van der Waals surface area contributed by atoms with Crippen LogP contribution in [0.2, 0.25) is 0 Å². The second-order valence-corrected chi connectivity index (χ2v) is 5.19. The molecule has 0 bridgehead atoms. The molecule has 0 heterocycles. The predicted octanol–water partition coefficient (Wildman–Crippen LogP) is 2.63. The van der Waals surface area contributed by atoms with Crippen LogP contribution in [0.15, 0.2) is 48.5 Å². The SMILES string of the molecule is CC(=O)NCCNCc1cccc(OCc2ccccc2F)c1. The summed E-state index contributed by atoms with van der Waals surface area (Å²) in [5.74, 6) is 0.410. The fourth-order valence-electron chi connectivity index (χ4n) is 2.08. The molecule has 0 aromatic heterocycles. The van der Waals surface area contributed by atoms with Crippen molar-refractivity contribution >= 4 is 5.91 Å². The molecule has 0 unspecified atom stereocenters. The van der Waals surface area contributed by atoms with Crippen LogP contribution in [0.3, 0.4) is 0 Å². The summed E-state index contributed by atoms with van der Waals surface area (Å²) in [6.07, 6.45) is 0. The van der Waals surface area contributed by atoms with Gasteiger partial charge < -0.3 is 15.4 Å². The Balaban J connectivity index is 1.80. The van der Waals surface area contributed by atoms with Gasteiger partial charge >= 0.3 is 0 Å². The Morgan fingerprint density at radius 2 is 1.96 bits per heavy atom. The highest BCUT2D eigenvalue weighted by Gasteiger charge is 2.02. The van der Waals surface area contributed by atoms with E-state index in [1.807, 2.05) is 24.3 Å². The van der Waals surface area contributed by atoms with E-state index in [9.17, 15) is 9.18 Å². The van der Waals surface area contributed by atoms with Gasteiger partial charge in [0.15, 0.2) is 0 Å². The molecule has 0 atom stereocenters. The van der Waals surface area contributed by atoms with Crippen molar-refractivity contribution in [2.24, 2.45) is 0 Å². The van der Waals surface area contributed by atoms with Crippen molar-refractivity contribution in [3.63, 3.8) is 0 Å². The molecule has 1 amide bonds. The van der Waals surface area contributed by atoms with Crippen LogP contribution in [-0.4, -0.2) is 19.0 Å². The molecule has 5 heteroatoms. The number of hydrogen-bond acceptors (Lipinski definition) is 3. The van der Waals surface area contributed by atoms with E-state index < -0.39 is 0 Å². The number of carbonyl (C=O) groups is 1. The first-order valence-electron chi connectivity index (χ1n) is 7.55. The largest absolute Gasteiger partial charge is 0.489 e. The second-order valence-electron chi connectivity index (χ2n) is 5.19. The highest BCUT2D eigenvalue weighted by atomic mass is 19.1. The van der Waals surface area contributed by atoms with Crippen LogP contribution < -0.4 is 15.4 Å². The molecule has 2 N–H and O–H groups in total. The molecular weight excluding hydrogens is 295 g/mol. The van der Waals surface area contributed by atoms with E-state index in [0.717, 1.165) is 5.56 Å². The van der Waals surface area contributed by atoms with Crippen molar-refractivity contribution in [2.75, 3.05) is 13.1 Å². The molecule has 0 spiro atoms. The molecule has 2 rings (SSSR count). The third-order valence-corrected chi connectivity index (χ3v) is 3.26. The molecule has 0 aliphatic carbocycles. The van der Waals surface area contributed by atoms with Gasteiger partial charge in [0.2, 0.25) is 5.91 Å². The average Bonchev–Trinajstić information content (AvgIpc) is 2.54. The van der Waals surface area contributed by atoms with Crippen LogP contribution >= 0.6 is 0 Å². The monoisotopic (exact) mass is 316 g/mol. The second kappa shape index (κ2) is 8.90. The van der Waals surface area contributed by atoms with Gasteiger partial charge in [0.05, 0.1) is 0 Å². The summed E-state index contributed by atoms with van der Waals surface area (Å²) >= 11 is 0. The van der Waals surface area contributed by atoms with E-state index in [0.29, 0.717) is 30.9 Å². The maximum absolute atomic E-state index is 13.5. The molecule has 0 saturated carbocycles. The van der Waals surface area contributed by atoms with Crippen molar-refractivity contribution in [3.8, 4) is 5.75 Å². The zero-order valence-corrected chi connectivity index (χ0v) is 13.1. The lowest BCUT2D eigenvalue weighted by Gasteiger charge is -2.10. The van der Waals surface area contributed by atoms with Crippen LogP contribution in [0.4, 0.5) is 4.39 Å². The van der Waals surface area contributed by atoms with E-state index in [2.05, 4.69) is 10.6 Å². The maximum atomic E-state index is 13.5. The normalized spacial score (nSPS) is 10.3. The Morgan fingerprint density at radius 3 is 2.74 bits per heavy atom. The number of amides is 1. The van der Waals surface area contributed by atoms with Crippen molar-refractivity contribution in [1.82, 2.24) is 10.6 Å². The molecule has 0 fully saturated rings. The van der Waals surface area contributed by atoms with Crippen LogP contribution in [0, 0.1) is 5.82 Å². The molecule has 23 heavy (non-hydrogen) atoms. The van der Waals surface area contributed by atoms with Crippen LogP contribution in [0.5, 0.6) is 5.75 Å². The summed E-state index contributed by atoms with van der Waals surface area (Å²) in [7, 11) is 0. The lowest BCUT2D eigenvalue weighted by Crippen LogP contribution is -2.29. The minimum atomic E-state index is -0.261. The quantitative estimate of drug-likeness (QED) is 0.736. The fourth-order valence-corrected chi connectivity index (χ4v) is 2.08. The highest BCUT2D eigenvalue weighted by molar-refractivity contribution is 5.72. The number of rotatable bonds is 8. The molecule has 4 nitrogen and oxygen atoms in total. The zero-order valence-electron chi connectivity index (χ0n) is 13.1.